The molecule has 7 heteroatoms. The second kappa shape index (κ2) is 9.50. The predicted molar refractivity (Wildman–Crippen MR) is 112 cm³/mol. The quantitative estimate of drug-likeness (QED) is 0.748. The van der Waals surface area contributed by atoms with E-state index in [1.165, 1.54) is 19.8 Å². The lowest BCUT2D eigenvalue weighted by molar-refractivity contribution is 0.0908. The highest BCUT2D eigenvalue weighted by Crippen LogP contribution is 2.36. The summed E-state index contributed by atoms with van der Waals surface area (Å²) in [7, 11) is 3.04. The van der Waals surface area contributed by atoms with Crippen LogP contribution < -0.4 is 14.8 Å². The lowest BCUT2D eigenvalue weighted by atomic mass is 10.0. The maximum atomic E-state index is 12.6. The van der Waals surface area contributed by atoms with Crippen molar-refractivity contribution in [1.29, 1.82) is 0 Å². The lowest BCUT2D eigenvalue weighted by Crippen LogP contribution is -2.44. The largest absolute Gasteiger partial charge is 0.493 e. The van der Waals surface area contributed by atoms with Gasteiger partial charge >= 0.3 is 0 Å². The number of piperidine rings is 1. The fourth-order valence-electron chi connectivity index (χ4n) is 3.40. The van der Waals surface area contributed by atoms with E-state index in [4.69, 9.17) is 32.7 Å². The van der Waals surface area contributed by atoms with Gasteiger partial charge in [0.15, 0.2) is 11.5 Å². The Morgan fingerprint density at radius 3 is 2.39 bits per heavy atom. The molecule has 3 rings (SSSR count). The first-order valence-corrected chi connectivity index (χ1v) is 9.95. The minimum Gasteiger partial charge on any atom is -0.493 e. The lowest BCUT2D eigenvalue weighted by Gasteiger charge is -2.32. The zero-order valence-electron chi connectivity index (χ0n) is 16.0. The summed E-state index contributed by atoms with van der Waals surface area (Å²) < 4.78 is 10.5. The highest BCUT2D eigenvalue weighted by Gasteiger charge is 2.22. The highest BCUT2D eigenvalue weighted by molar-refractivity contribution is 6.32. The summed E-state index contributed by atoms with van der Waals surface area (Å²) in [6.07, 6.45) is 1.81. The van der Waals surface area contributed by atoms with Crippen molar-refractivity contribution in [2.24, 2.45) is 0 Å². The number of carbonyl (C=O) groups is 1. The Balaban J connectivity index is 1.55. The smallest absolute Gasteiger partial charge is 0.251 e. The number of methoxy groups -OCH3 is 2. The third kappa shape index (κ3) is 5.10. The summed E-state index contributed by atoms with van der Waals surface area (Å²) >= 11 is 12.1. The number of amides is 1. The zero-order valence-corrected chi connectivity index (χ0v) is 17.5. The first-order chi connectivity index (χ1) is 13.5. The van der Waals surface area contributed by atoms with Gasteiger partial charge < -0.3 is 14.8 Å². The number of rotatable bonds is 6. The van der Waals surface area contributed by atoms with Gasteiger partial charge in [-0.3, -0.25) is 9.69 Å². The second-order valence-electron chi connectivity index (χ2n) is 6.84. The number of halogens is 2. The summed E-state index contributed by atoms with van der Waals surface area (Å²) in [6.45, 7) is 2.75. The molecule has 0 unspecified atom stereocenters. The van der Waals surface area contributed by atoms with Gasteiger partial charge in [-0.25, -0.2) is 0 Å². The molecule has 2 aromatic rings. The van der Waals surface area contributed by atoms with Crippen LogP contribution in [0.25, 0.3) is 0 Å². The van der Waals surface area contributed by atoms with E-state index in [0.717, 1.165) is 37.5 Å². The summed E-state index contributed by atoms with van der Waals surface area (Å²) in [5.74, 6) is 0.716. The summed E-state index contributed by atoms with van der Waals surface area (Å²) in [4.78, 5) is 15.0. The van der Waals surface area contributed by atoms with Gasteiger partial charge in [-0.05, 0) is 42.7 Å². The first-order valence-electron chi connectivity index (χ1n) is 9.19. The van der Waals surface area contributed by atoms with Crippen molar-refractivity contribution in [3.8, 4) is 11.5 Å². The van der Waals surface area contributed by atoms with Crippen LogP contribution in [-0.2, 0) is 6.54 Å². The van der Waals surface area contributed by atoms with Gasteiger partial charge in [-0.1, -0.05) is 35.3 Å². The standard InChI is InChI=1S/C21H24Cl2N2O3/c1-27-19-12-15(11-18(23)20(19)28-2)21(26)24-17-7-9-25(10-8-17)13-14-3-5-16(22)6-4-14/h3-6,11-12,17H,7-10,13H2,1-2H3,(H,24,26). The van der Waals surface area contributed by atoms with Crippen LogP contribution >= 0.6 is 23.2 Å². The van der Waals surface area contributed by atoms with Crippen LogP contribution in [0.1, 0.15) is 28.8 Å². The molecule has 0 bridgehead atoms. The maximum absolute atomic E-state index is 12.6. The van der Waals surface area contributed by atoms with E-state index in [-0.39, 0.29) is 11.9 Å². The number of hydrogen-bond acceptors (Lipinski definition) is 4. The Morgan fingerprint density at radius 1 is 1.11 bits per heavy atom. The molecular weight excluding hydrogens is 399 g/mol. The number of nitrogens with zero attached hydrogens (tertiary/aromatic N) is 1. The van der Waals surface area contributed by atoms with Crippen LogP contribution in [0, 0.1) is 0 Å². The fourth-order valence-corrected chi connectivity index (χ4v) is 3.82. The van der Waals surface area contributed by atoms with Crippen molar-refractivity contribution in [1.82, 2.24) is 10.2 Å². The number of ether oxygens (including phenoxy) is 2. The number of likely N-dealkylation sites (tertiary alicyclic amines) is 1. The molecular formula is C21H24Cl2N2O3. The summed E-state index contributed by atoms with van der Waals surface area (Å²) in [6, 6.07) is 11.3. The van der Waals surface area contributed by atoms with Crippen molar-refractivity contribution in [2.75, 3.05) is 27.3 Å². The molecule has 1 aliphatic rings. The highest BCUT2D eigenvalue weighted by atomic mass is 35.5. The molecule has 1 saturated heterocycles. The Labute approximate surface area is 175 Å². The maximum Gasteiger partial charge on any atom is 0.251 e. The SMILES string of the molecule is COc1cc(C(=O)NC2CCN(Cc3ccc(Cl)cc3)CC2)cc(Cl)c1OC. The fraction of sp³-hybridized carbons (Fsp3) is 0.381. The molecule has 0 aromatic heterocycles. The molecule has 0 saturated carbocycles. The molecule has 28 heavy (non-hydrogen) atoms. The molecule has 0 radical (unpaired) electrons. The molecule has 1 heterocycles. The average Bonchev–Trinajstić information content (AvgIpc) is 2.70. The molecule has 5 nitrogen and oxygen atoms in total. The van der Waals surface area contributed by atoms with Gasteiger partial charge in [0.1, 0.15) is 0 Å². The molecule has 2 aromatic carbocycles. The Kier molecular flexibility index (Phi) is 7.05. The molecule has 0 atom stereocenters. The number of carbonyl (C=O) groups excluding carboxylic acids is 1. The first kappa shape index (κ1) is 20.8. The Hall–Kier alpha value is -1.95. The monoisotopic (exact) mass is 422 g/mol. The van der Waals surface area contributed by atoms with Crippen LogP contribution in [0.3, 0.4) is 0 Å². The zero-order chi connectivity index (χ0) is 20.1. The minimum atomic E-state index is -0.154. The van der Waals surface area contributed by atoms with Crippen LogP contribution in [-0.4, -0.2) is 44.2 Å². The molecule has 1 amide bonds. The van der Waals surface area contributed by atoms with Crippen molar-refractivity contribution >= 4 is 29.1 Å². The molecule has 150 valence electrons. The Morgan fingerprint density at radius 2 is 1.79 bits per heavy atom. The van der Waals surface area contributed by atoms with Crippen molar-refractivity contribution in [3.63, 3.8) is 0 Å². The normalized spacial score (nSPS) is 15.3. The van der Waals surface area contributed by atoms with Crippen LogP contribution in [0.5, 0.6) is 11.5 Å². The van der Waals surface area contributed by atoms with Gasteiger partial charge in [-0.15, -0.1) is 0 Å². The molecule has 1 N–H and O–H groups in total. The number of hydrogen-bond donors (Lipinski definition) is 1. The van der Waals surface area contributed by atoms with Gasteiger partial charge in [0.05, 0.1) is 19.2 Å². The van der Waals surface area contributed by atoms with E-state index in [1.54, 1.807) is 12.1 Å². The summed E-state index contributed by atoms with van der Waals surface area (Å²) in [5, 5.41) is 4.21. The van der Waals surface area contributed by atoms with Crippen molar-refractivity contribution in [2.45, 2.75) is 25.4 Å². The third-order valence-corrected chi connectivity index (χ3v) is 5.47. The summed E-state index contributed by atoms with van der Waals surface area (Å²) in [5.41, 5.74) is 1.71. The van der Waals surface area contributed by atoms with Crippen LogP contribution in [0.4, 0.5) is 0 Å². The van der Waals surface area contributed by atoms with E-state index in [2.05, 4.69) is 22.3 Å². The van der Waals surface area contributed by atoms with Crippen molar-refractivity contribution in [3.05, 3.63) is 57.6 Å². The minimum absolute atomic E-state index is 0.140. The van der Waals surface area contributed by atoms with Gasteiger partial charge in [-0.2, -0.15) is 0 Å². The second-order valence-corrected chi connectivity index (χ2v) is 7.69. The predicted octanol–water partition coefficient (Wildman–Crippen LogP) is 4.41. The Bertz CT molecular complexity index is 819. The van der Waals surface area contributed by atoms with E-state index in [9.17, 15) is 4.79 Å². The van der Waals surface area contributed by atoms with Crippen molar-refractivity contribution < 1.29 is 14.3 Å². The number of benzene rings is 2. The average molecular weight is 423 g/mol. The molecule has 0 aliphatic carbocycles. The number of nitrogens with one attached hydrogen (secondary N) is 1. The van der Waals surface area contributed by atoms with Gasteiger partial charge in [0.25, 0.3) is 5.91 Å². The van der Waals surface area contributed by atoms with E-state index < -0.39 is 0 Å². The van der Waals surface area contributed by atoms with E-state index >= 15 is 0 Å². The molecule has 1 fully saturated rings. The van der Waals surface area contributed by atoms with Gasteiger partial charge in [0, 0.05) is 36.3 Å². The van der Waals surface area contributed by atoms with E-state index in [0.29, 0.717) is 22.1 Å². The molecule has 0 spiro atoms. The van der Waals surface area contributed by atoms with E-state index in [1.807, 2.05) is 12.1 Å². The van der Waals surface area contributed by atoms with Gasteiger partial charge in [0.2, 0.25) is 0 Å². The van der Waals surface area contributed by atoms with Crippen LogP contribution in [0.2, 0.25) is 10.0 Å². The topological polar surface area (TPSA) is 50.8 Å². The van der Waals surface area contributed by atoms with Crippen LogP contribution in [0.15, 0.2) is 36.4 Å². The molecule has 1 aliphatic heterocycles. The third-order valence-electron chi connectivity index (χ3n) is 4.94.